The number of nitro groups is 1. The molecule has 1 aromatic heterocycles. The van der Waals surface area contributed by atoms with Crippen LogP contribution in [0.1, 0.15) is 21.6 Å². The van der Waals surface area contributed by atoms with E-state index in [4.69, 9.17) is 0 Å². The van der Waals surface area contributed by atoms with Crippen molar-refractivity contribution in [1.82, 2.24) is 4.98 Å². The van der Waals surface area contributed by atoms with Gasteiger partial charge in [0.25, 0.3) is 5.69 Å². The average Bonchev–Trinajstić information content (AvgIpc) is 2.41. The second-order valence-corrected chi connectivity index (χ2v) is 5.41. The first kappa shape index (κ1) is 13.7. The zero-order valence-electron chi connectivity index (χ0n) is 10.4. The zero-order valence-corrected chi connectivity index (χ0v) is 12.0. The molecule has 1 heterocycles. The highest BCUT2D eigenvalue weighted by Crippen LogP contribution is 2.27. The summed E-state index contributed by atoms with van der Waals surface area (Å²) in [6, 6.07) is 11.5. The molecule has 0 saturated heterocycles. The smallest absolute Gasteiger partial charge is 0.260 e. The van der Waals surface area contributed by atoms with Gasteiger partial charge in [-0.25, -0.2) is 0 Å². The van der Waals surface area contributed by atoms with Crippen LogP contribution in [0.25, 0.3) is 0 Å². The maximum Gasteiger partial charge on any atom is 0.275 e. The van der Waals surface area contributed by atoms with E-state index < -0.39 is 0 Å². The Labute approximate surface area is 119 Å². The van der Waals surface area contributed by atoms with Gasteiger partial charge in [0, 0.05) is 34.8 Å². The first-order valence-corrected chi connectivity index (χ1v) is 6.78. The molecule has 0 fully saturated rings. The number of halogens is 1. The number of benzene rings is 1. The summed E-state index contributed by atoms with van der Waals surface area (Å²) in [6.07, 6.45) is 2.17. The van der Waals surface area contributed by atoms with E-state index in [9.17, 15) is 10.1 Å². The van der Waals surface area contributed by atoms with Crippen molar-refractivity contribution >= 4 is 21.6 Å². The van der Waals surface area contributed by atoms with Gasteiger partial charge in [0.1, 0.15) is 0 Å². The number of pyridine rings is 1. The van der Waals surface area contributed by atoms with E-state index in [0.717, 1.165) is 5.56 Å². The molecule has 1 aromatic carbocycles. The molecular weight excluding hydrogens is 308 g/mol. The third kappa shape index (κ3) is 3.38. The molecule has 0 aliphatic carbocycles. The monoisotopic (exact) mass is 320 g/mol. The summed E-state index contributed by atoms with van der Waals surface area (Å²) in [5.74, 6) is 0. The molecular formula is C14H13BrN2O2. The van der Waals surface area contributed by atoms with Crippen molar-refractivity contribution in [2.75, 3.05) is 0 Å². The number of aryl methyl sites for hydroxylation is 1. The van der Waals surface area contributed by atoms with Crippen LogP contribution >= 0.6 is 15.9 Å². The summed E-state index contributed by atoms with van der Waals surface area (Å²) in [6.45, 7) is 1.69. The van der Waals surface area contributed by atoms with Gasteiger partial charge in [-0.15, -0.1) is 0 Å². The lowest BCUT2D eigenvalue weighted by Gasteiger charge is -2.09. The molecule has 4 nitrogen and oxygen atoms in total. The Morgan fingerprint density at radius 3 is 2.68 bits per heavy atom. The van der Waals surface area contributed by atoms with E-state index in [1.165, 1.54) is 0 Å². The Hall–Kier alpha value is -1.75. The number of rotatable bonds is 4. The molecule has 0 spiro atoms. The first-order valence-electron chi connectivity index (χ1n) is 5.87. The number of hydrogen-bond donors (Lipinski definition) is 0. The molecule has 98 valence electrons. The van der Waals surface area contributed by atoms with Crippen LogP contribution in [-0.2, 0) is 6.42 Å². The number of hydrogen-bond acceptors (Lipinski definition) is 3. The highest BCUT2D eigenvalue weighted by Gasteiger charge is 2.15. The fourth-order valence-corrected chi connectivity index (χ4v) is 2.46. The minimum absolute atomic E-state index is 0.100. The standard InChI is InChI=1S/C14H13BrN2O2/c1-10-9-16-12(8-14(10)17(18)19)7-13(15)11-5-3-2-4-6-11/h2-6,8-9,13H,7H2,1H3. The van der Waals surface area contributed by atoms with Crippen molar-refractivity contribution in [2.24, 2.45) is 0 Å². The van der Waals surface area contributed by atoms with Crippen LogP contribution in [0.5, 0.6) is 0 Å². The van der Waals surface area contributed by atoms with Gasteiger partial charge >= 0.3 is 0 Å². The highest BCUT2D eigenvalue weighted by molar-refractivity contribution is 9.09. The van der Waals surface area contributed by atoms with Gasteiger partial charge in [-0.3, -0.25) is 15.1 Å². The zero-order chi connectivity index (χ0) is 13.8. The van der Waals surface area contributed by atoms with Crippen LogP contribution < -0.4 is 0 Å². The molecule has 0 bridgehead atoms. The molecule has 1 unspecified atom stereocenters. The third-order valence-electron chi connectivity index (χ3n) is 2.88. The van der Waals surface area contributed by atoms with E-state index in [2.05, 4.69) is 20.9 Å². The largest absolute Gasteiger partial charge is 0.275 e. The predicted octanol–water partition coefficient (Wildman–Crippen LogP) is 3.98. The van der Waals surface area contributed by atoms with Crippen LogP contribution in [-0.4, -0.2) is 9.91 Å². The lowest BCUT2D eigenvalue weighted by Crippen LogP contribution is -2.00. The molecule has 2 aromatic rings. The fraction of sp³-hybridized carbons (Fsp3) is 0.214. The maximum absolute atomic E-state index is 10.9. The summed E-state index contributed by atoms with van der Waals surface area (Å²) in [7, 11) is 0. The van der Waals surface area contributed by atoms with Crippen molar-refractivity contribution in [3.8, 4) is 0 Å². The van der Waals surface area contributed by atoms with Crippen molar-refractivity contribution in [2.45, 2.75) is 18.2 Å². The van der Waals surface area contributed by atoms with E-state index in [0.29, 0.717) is 17.7 Å². The van der Waals surface area contributed by atoms with Gasteiger partial charge in [-0.05, 0) is 12.5 Å². The Kier molecular flexibility index (Phi) is 4.27. The fourth-order valence-electron chi connectivity index (χ4n) is 1.83. The Morgan fingerprint density at radius 1 is 1.37 bits per heavy atom. The average molecular weight is 321 g/mol. The van der Waals surface area contributed by atoms with Crippen LogP contribution in [0.15, 0.2) is 42.6 Å². The van der Waals surface area contributed by atoms with Crippen LogP contribution in [0.4, 0.5) is 5.69 Å². The van der Waals surface area contributed by atoms with Gasteiger partial charge in [-0.1, -0.05) is 46.3 Å². The summed E-state index contributed by atoms with van der Waals surface area (Å²) in [5.41, 5.74) is 2.55. The topological polar surface area (TPSA) is 56.0 Å². The minimum Gasteiger partial charge on any atom is -0.260 e. The summed E-state index contributed by atoms with van der Waals surface area (Å²) in [5, 5.41) is 10.9. The van der Waals surface area contributed by atoms with E-state index >= 15 is 0 Å². The lowest BCUT2D eigenvalue weighted by atomic mass is 10.1. The molecule has 0 N–H and O–H groups in total. The maximum atomic E-state index is 10.9. The summed E-state index contributed by atoms with van der Waals surface area (Å²) in [4.78, 5) is 14.9. The molecule has 2 rings (SSSR count). The Bertz CT molecular complexity index is 587. The number of nitrogens with zero attached hydrogens (tertiary/aromatic N) is 2. The quantitative estimate of drug-likeness (QED) is 0.486. The van der Waals surface area contributed by atoms with Gasteiger partial charge < -0.3 is 0 Å². The normalized spacial score (nSPS) is 12.1. The Balaban J connectivity index is 2.20. The second-order valence-electron chi connectivity index (χ2n) is 4.30. The van der Waals surface area contributed by atoms with E-state index in [1.807, 2.05) is 30.3 Å². The molecule has 0 aliphatic rings. The number of alkyl halides is 1. The van der Waals surface area contributed by atoms with Gasteiger partial charge in [0.2, 0.25) is 0 Å². The third-order valence-corrected chi connectivity index (χ3v) is 3.73. The molecule has 19 heavy (non-hydrogen) atoms. The van der Waals surface area contributed by atoms with Crippen LogP contribution in [0, 0.1) is 17.0 Å². The van der Waals surface area contributed by atoms with Crippen LogP contribution in [0.2, 0.25) is 0 Å². The van der Waals surface area contributed by atoms with Crippen molar-refractivity contribution < 1.29 is 4.92 Å². The van der Waals surface area contributed by atoms with Gasteiger partial charge in [-0.2, -0.15) is 0 Å². The number of aromatic nitrogens is 1. The lowest BCUT2D eigenvalue weighted by molar-refractivity contribution is -0.385. The van der Waals surface area contributed by atoms with E-state index in [-0.39, 0.29) is 15.4 Å². The molecule has 0 amide bonds. The molecule has 0 aliphatic heterocycles. The molecule has 0 radical (unpaired) electrons. The molecule has 5 heteroatoms. The summed E-state index contributed by atoms with van der Waals surface area (Å²) < 4.78 is 0. The van der Waals surface area contributed by atoms with Crippen molar-refractivity contribution in [1.29, 1.82) is 0 Å². The Morgan fingerprint density at radius 2 is 2.05 bits per heavy atom. The van der Waals surface area contributed by atoms with Crippen molar-refractivity contribution in [3.63, 3.8) is 0 Å². The highest BCUT2D eigenvalue weighted by atomic mass is 79.9. The van der Waals surface area contributed by atoms with Crippen LogP contribution in [0.3, 0.4) is 0 Å². The van der Waals surface area contributed by atoms with E-state index in [1.54, 1.807) is 19.2 Å². The molecule has 1 atom stereocenters. The van der Waals surface area contributed by atoms with Gasteiger partial charge in [0.05, 0.1) is 4.92 Å². The first-order chi connectivity index (χ1) is 9.08. The SMILES string of the molecule is Cc1cnc(CC(Br)c2ccccc2)cc1[N+](=O)[O-]. The predicted molar refractivity (Wildman–Crippen MR) is 77.4 cm³/mol. The second kappa shape index (κ2) is 5.93. The van der Waals surface area contributed by atoms with Gasteiger partial charge in [0.15, 0.2) is 0 Å². The minimum atomic E-state index is -0.369. The van der Waals surface area contributed by atoms with Crippen molar-refractivity contribution in [3.05, 3.63) is 69.5 Å². The molecule has 0 saturated carbocycles. The summed E-state index contributed by atoms with van der Waals surface area (Å²) >= 11 is 3.59.